The van der Waals surface area contributed by atoms with Crippen LogP contribution < -0.4 is 9.47 Å². The van der Waals surface area contributed by atoms with E-state index >= 15 is 0 Å². The summed E-state index contributed by atoms with van der Waals surface area (Å²) in [7, 11) is 1.63. The molecule has 0 fully saturated rings. The highest BCUT2D eigenvalue weighted by molar-refractivity contribution is 7.99. The smallest absolute Gasteiger partial charge is 0.276 e. The predicted octanol–water partition coefficient (Wildman–Crippen LogP) is 4.57. The van der Waals surface area contributed by atoms with Gasteiger partial charge in [-0.2, -0.15) is 0 Å². The molecule has 0 N–H and O–H groups in total. The lowest BCUT2D eigenvalue weighted by molar-refractivity contribution is 0.342. The summed E-state index contributed by atoms with van der Waals surface area (Å²) < 4.78 is 16.4. The first kappa shape index (κ1) is 16.7. The molecule has 1 aromatic heterocycles. The van der Waals surface area contributed by atoms with Crippen molar-refractivity contribution in [2.75, 3.05) is 19.5 Å². The second-order valence-corrected chi connectivity index (χ2v) is 6.24. The fraction of sp³-hybridized carbons (Fsp3) is 0.176. The minimum Gasteiger partial charge on any atom is -0.497 e. The zero-order chi connectivity index (χ0) is 16.8. The summed E-state index contributed by atoms with van der Waals surface area (Å²) in [5.41, 5.74) is 0.802. The molecule has 7 heteroatoms. The van der Waals surface area contributed by atoms with Crippen LogP contribution in [0.3, 0.4) is 0 Å². The van der Waals surface area contributed by atoms with Crippen LogP contribution in [0.4, 0.5) is 0 Å². The highest BCUT2D eigenvalue weighted by Crippen LogP contribution is 2.25. The summed E-state index contributed by atoms with van der Waals surface area (Å²) in [6.07, 6.45) is 0. The van der Waals surface area contributed by atoms with Crippen molar-refractivity contribution in [3.05, 3.63) is 53.6 Å². The van der Waals surface area contributed by atoms with Crippen LogP contribution in [0.25, 0.3) is 11.5 Å². The molecule has 0 amide bonds. The van der Waals surface area contributed by atoms with Crippen molar-refractivity contribution in [2.45, 2.75) is 5.22 Å². The van der Waals surface area contributed by atoms with E-state index < -0.39 is 0 Å². The van der Waals surface area contributed by atoms with Crippen molar-refractivity contribution in [1.29, 1.82) is 0 Å². The topological polar surface area (TPSA) is 57.4 Å². The molecule has 0 saturated heterocycles. The lowest BCUT2D eigenvalue weighted by atomic mass is 10.2. The molecule has 0 atom stereocenters. The van der Waals surface area contributed by atoms with E-state index in [1.54, 1.807) is 19.2 Å². The Bertz CT molecular complexity index is 793. The van der Waals surface area contributed by atoms with Gasteiger partial charge in [-0.25, -0.2) is 0 Å². The standard InChI is InChI=1S/C17H15ClN2O3S/c1-21-14-5-7-15(8-6-14)22-9-10-24-17-20-19-16(23-17)12-3-2-4-13(18)11-12/h2-8,11H,9-10H2,1H3. The lowest BCUT2D eigenvalue weighted by Crippen LogP contribution is -1.99. The number of methoxy groups -OCH3 is 1. The Hall–Kier alpha value is -2.18. The van der Waals surface area contributed by atoms with Gasteiger partial charge in [-0.15, -0.1) is 10.2 Å². The quantitative estimate of drug-likeness (QED) is 0.453. The van der Waals surface area contributed by atoms with Crippen LogP contribution >= 0.6 is 23.4 Å². The number of hydrogen-bond acceptors (Lipinski definition) is 6. The Labute approximate surface area is 148 Å². The van der Waals surface area contributed by atoms with Crippen LogP contribution in [-0.2, 0) is 0 Å². The molecule has 0 spiro atoms. The van der Waals surface area contributed by atoms with Gasteiger partial charge in [-0.1, -0.05) is 29.4 Å². The first-order valence-electron chi connectivity index (χ1n) is 7.24. The molecule has 1 heterocycles. The number of thioether (sulfide) groups is 1. The molecule has 124 valence electrons. The van der Waals surface area contributed by atoms with Crippen molar-refractivity contribution in [2.24, 2.45) is 0 Å². The summed E-state index contributed by atoms with van der Waals surface area (Å²) in [6.45, 7) is 0.534. The summed E-state index contributed by atoms with van der Waals surface area (Å²) in [5.74, 6) is 2.75. The number of halogens is 1. The third kappa shape index (κ3) is 4.43. The summed E-state index contributed by atoms with van der Waals surface area (Å²) >= 11 is 7.41. The zero-order valence-corrected chi connectivity index (χ0v) is 14.5. The molecule has 0 unspecified atom stereocenters. The third-order valence-electron chi connectivity index (χ3n) is 3.12. The largest absolute Gasteiger partial charge is 0.497 e. The number of hydrogen-bond donors (Lipinski definition) is 0. The van der Waals surface area contributed by atoms with E-state index in [0.29, 0.717) is 28.5 Å². The van der Waals surface area contributed by atoms with E-state index in [2.05, 4.69) is 10.2 Å². The van der Waals surface area contributed by atoms with Crippen LogP contribution in [0.5, 0.6) is 11.5 Å². The van der Waals surface area contributed by atoms with Crippen molar-refractivity contribution in [3.8, 4) is 23.0 Å². The van der Waals surface area contributed by atoms with Crippen LogP contribution in [0.15, 0.2) is 58.2 Å². The Balaban J connectivity index is 1.48. The van der Waals surface area contributed by atoms with Gasteiger partial charge < -0.3 is 13.9 Å². The molecular weight excluding hydrogens is 348 g/mol. The van der Waals surface area contributed by atoms with Gasteiger partial charge >= 0.3 is 0 Å². The van der Waals surface area contributed by atoms with Crippen molar-refractivity contribution in [3.63, 3.8) is 0 Å². The number of rotatable bonds is 7. The molecule has 0 aliphatic rings. The molecule has 0 saturated carbocycles. The first-order chi connectivity index (χ1) is 11.7. The highest BCUT2D eigenvalue weighted by atomic mass is 35.5. The van der Waals surface area contributed by atoms with Crippen LogP contribution in [0.1, 0.15) is 0 Å². The van der Waals surface area contributed by atoms with E-state index in [9.17, 15) is 0 Å². The molecule has 3 aromatic rings. The number of aromatic nitrogens is 2. The maximum Gasteiger partial charge on any atom is 0.276 e. The van der Waals surface area contributed by atoms with Gasteiger partial charge in [0.25, 0.3) is 5.22 Å². The fourth-order valence-corrected chi connectivity index (χ4v) is 2.73. The molecule has 0 aliphatic heterocycles. The second kappa shape index (κ2) is 8.08. The van der Waals surface area contributed by atoms with Gasteiger partial charge in [0.15, 0.2) is 0 Å². The molecule has 3 rings (SSSR count). The third-order valence-corrected chi connectivity index (χ3v) is 4.13. The molecule has 2 aromatic carbocycles. The fourth-order valence-electron chi connectivity index (χ4n) is 1.97. The summed E-state index contributed by atoms with van der Waals surface area (Å²) in [6, 6.07) is 14.8. The highest BCUT2D eigenvalue weighted by Gasteiger charge is 2.09. The van der Waals surface area contributed by atoms with Crippen molar-refractivity contribution < 1.29 is 13.9 Å². The molecule has 0 radical (unpaired) electrons. The van der Waals surface area contributed by atoms with E-state index in [1.807, 2.05) is 36.4 Å². The van der Waals surface area contributed by atoms with Crippen molar-refractivity contribution >= 4 is 23.4 Å². The first-order valence-corrected chi connectivity index (χ1v) is 8.60. The maximum atomic E-state index is 5.96. The number of nitrogens with zero attached hydrogens (tertiary/aromatic N) is 2. The van der Waals surface area contributed by atoms with Crippen LogP contribution in [0.2, 0.25) is 5.02 Å². The molecular formula is C17H15ClN2O3S. The van der Waals surface area contributed by atoms with Crippen LogP contribution in [-0.4, -0.2) is 29.7 Å². The monoisotopic (exact) mass is 362 g/mol. The predicted molar refractivity (Wildman–Crippen MR) is 94.0 cm³/mol. The molecule has 0 bridgehead atoms. The van der Waals surface area contributed by atoms with Gasteiger partial charge in [-0.05, 0) is 42.5 Å². The van der Waals surface area contributed by atoms with Gasteiger partial charge in [0, 0.05) is 16.3 Å². The average molecular weight is 363 g/mol. The Morgan fingerprint density at radius 1 is 1.08 bits per heavy atom. The van der Waals surface area contributed by atoms with E-state index in [4.69, 9.17) is 25.5 Å². The minimum atomic E-state index is 0.455. The SMILES string of the molecule is COc1ccc(OCCSc2nnc(-c3cccc(Cl)c3)o2)cc1. The number of ether oxygens (including phenoxy) is 2. The van der Waals surface area contributed by atoms with E-state index in [1.165, 1.54) is 11.8 Å². The summed E-state index contributed by atoms with van der Waals surface area (Å²) in [5, 5.41) is 9.19. The van der Waals surface area contributed by atoms with Crippen molar-refractivity contribution in [1.82, 2.24) is 10.2 Å². The Kier molecular flexibility index (Phi) is 5.61. The maximum absolute atomic E-state index is 5.96. The minimum absolute atomic E-state index is 0.455. The van der Waals surface area contributed by atoms with E-state index in [-0.39, 0.29) is 0 Å². The Morgan fingerprint density at radius 2 is 1.88 bits per heavy atom. The van der Waals surface area contributed by atoms with E-state index in [0.717, 1.165) is 17.1 Å². The lowest BCUT2D eigenvalue weighted by Gasteiger charge is -2.05. The normalized spacial score (nSPS) is 10.6. The van der Waals surface area contributed by atoms with Gasteiger partial charge in [0.05, 0.1) is 13.7 Å². The van der Waals surface area contributed by atoms with Gasteiger partial charge in [0.1, 0.15) is 11.5 Å². The molecule has 24 heavy (non-hydrogen) atoms. The zero-order valence-electron chi connectivity index (χ0n) is 12.9. The summed E-state index contributed by atoms with van der Waals surface area (Å²) in [4.78, 5) is 0. The van der Waals surface area contributed by atoms with Gasteiger partial charge in [-0.3, -0.25) is 0 Å². The number of benzene rings is 2. The second-order valence-electron chi connectivity index (χ2n) is 4.76. The van der Waals surface area contributed by atoms with Crippen LogP contribution in [0, 0.1) is 0 Å². The molecule has 5 nitrogen and oxygen atoms in total. The average Bonchev–Trinajstić information content (AvgIpc) is 3.08. The van der Waals surface area contributed by atoms with Gasteiger partial charge in [0.2, 0.25) is 5.89 Å². The molecule has 0 aliphatic carbocycles. The Morgan fingerprint density at radius 3 is 2.62 bits per heavy atom.